The molecule has 0 aromatic carbocycles. The SMILES string of the molecule is CCCCCCC(=O)OC1CC[C@@]2(C)C(CC[C@H]3[C@@H]4CC[C@H]([C@H](C)CC[C@H](C)C(C)C)[C@@]4(C)CC[C@@H]32)C1. The Morgan fingerprint density at radius 3 is 2.30 bits per heavy atom. The maximum absolute atomic E-state index is 12.5. The Morgan fingerprint density at radius 1 is 0.838 bits per heavy atom. The molecule has 4 fully saturated rings. The molecular formula is C35H62O2. The standard InChI is InChI=1S/C35H62O2/c1-8-9-10-11-12-33(36)37-28-19-21-34(6)27(23-28)15-16-29-31-18-17-30(35(31,7)22-20-32(29)34)26(5)14-13-25(4)24(2)3/h24-32H,8-23H2,1-7H3/t25-,26+,27?,28?,29-,30+,31-,32-,34-,35+/m0/s1. The lowest BCUT2D eigenvalue weighted by Gasteiger charge is -2.61. The summed E-state index contributed by atoms with van der Waals surface area (Å²) in [4.78, 5) is 12.5. The van der Waals surface area contributed by atoms with Gasteiger partial charge in [0.15, 0.2) is 0 Å². The van der Waals surface area contributed by atoms with Crippen LogP contribution in [0.5, 0.6) is 0 Å². The second-order valence-corrected chi connectivity index (χ2v) is 15.4. The highest BCUT2D eigenvalue weighted by atomic mass is 16.5. The van der Waals surface area contributed by atoms with Crippen LogP contribution >= 0.6 is 0 Å². The van der Waals surface area contributed by atoms with Crippen LogP contribution in [0.3, 0.4) is 0 Å². The molecule has 214 valence electrons. The van der Waals surface area contributed by atoms with Gasteiger partial charge >= 0.3 is 5.97 Å². The molecule has 0 spiro atoms. The van der Waals surface area contributed by atoms with Crippen LogP contribution in [0, 0.1) is 58.2 Å². The van der Waals surface area contributed by atoms with Crippen LogP contribution in [0.1, 0.15) is 151 Å². The number of unbranched alkanes of at least 4 members (excludes halogenated alkanes) is 3. The normalized spacial score (nSPS) is 41.0. The molecule has 2 nitrogen and oxygen atoms in total. The fourth-order valence-electron chi connectivity index (χ4n) is 10.3. The minimum absolute atomic E-state index is 0.0701. The minimum atomic E-state index is 0.0701. The zero-order valence-electron chi connectivity index (χ0n) is 25.8. The van der Waals surface area contributed by atoms with Crippen molar-refractivity contribution in [3.05, 3.63) is 0 Å². The van der Waals surface area contributed by atoms with E-state index in [4.69, 9.17) is 4.74 Å². The first kappa shape index (κ1) is 29.5. The van der Waals surface area contributed by atoms with Gasteiger partial charge in [-0.2, -0.15) is 0 Å². The van der Waals surface area contributed by atoms with Crippen LogP contribution in [0.2, 0.25) is 0 Å². The molecule has 0 aromatic rings. The number of rotatable bonds is 11. The van der Waals surface area contributed by atoms with Gasteiger partial charge in [0, 0.05) is 6.42 Å². The summed E-state index contributed by atoms with van der Waals surface area (Å²) in [5, 5.41) is 0. The van der Waals surface area contributed by atoms with Crippen molar-refractivity contribution in [1.82, 2.24) is 0 Å². The Bertz CT molecular complexity index is 744. The Labute approximate surface area is 230 Å². The summed E-state index contributed by atoms with van der Waals surface area (Å²) in [5.74, 6) is 7.14. The molecule has 37 heavy (non-hydrogen) atoms. The summed E-state index contributed by atoms with van der Waals surface area (Å²) in [6.45, 7) is 17.5. The molecule has 0 bridgehead atoms. The molecule has 0 saturated heterocycles. The maximum Gasteiger partial charge on any atom is 0.306 e. The van der Waals surface area contributed by atoms with Gasteiger partial charge in [0.2, 0.25) is 0 Å². The van der Waals surface area contributed by atoms with Gasteiger partial charge in [0.05, 0.1) is 0 Å². The third-order valence-corrected chi connectivity index (χ3v) is 13.1. The van der Waals surface area contributed by atoms with Crippen molar-refractivity contribution in [2.75, 3.05) is 0 Å². The second-order valence-electron chi connectivity index (χ2n) is 15.4. The summed E-state index contributed by atoms with van der Waals surface area (Å²) in [6, 6.07) is 0. The fraction of sp³-hybridized carbons (Fsp3) is 0.971. The molecule has 4 aliphatic rings. The topological polar surface area (TPSA) is 26.3 Å². The average Bonchev–Trinajstić information content (AvgIpc) is 3.22. The number of esters is 1. The predicted molar refractivity (Wildman–Crippen MR) is 156 cm³/mol. The molecule has 0 heterocycles. The van der Waals surface area contributed by atoms with Gasteiger partial charge < -0.3 is 4.74 Å². The third-order valence-electron chi connectivity index (χ3n) is 13.1. The number of hydrogen-bond donors (Lipinski definition) is 0. The lowest BCUT2D eigenvalue weighted by Crippen LogP contribution is -2.54. The fourth-order valence-corrected chi connectivity index (χ4v) is 10.3. The van der Waals surface area contributed by atoms with Crippen molar-refractivity contribution in [2.45, 2.75) is 157 Å². The van der Waals surface area contributed by atoms with E-state index in [0.29, 0.717) is 17.3 Å². The maximum atomic E-state index is 12.5. The molecule has 0 aliphatic heterocycles. The van der Waals surface area contributed by atoms with Crippen molar-refractivity contribution in [3.8, 4) is 0 Å². The number of fused-ring (bicyclic) bond motifs is 5. The highest BCUT2D eigenvalue weighted by molar-refractivity contribution is 5.69. The van der Waals surface area contributed by atoms with E-state index in [0.717, 1.165) is 73.0 Å². The molecule has 0 N–H and O–H groups in total. The third kappa shape index (κ3) is 6.14. The first-order chi connectivity index (χ1) is 17.6. The molecular weight excluding hydrogens is 452 g/mol. The molecule has 10 atom stereocenters. The van der Waals surface area contributed by atoms with E-state index in [9.17, 15) is 4.79 Å². The highest BCUT2D eigenvalue weighted by Crippen LogP contribution is 2.68. The van der Waals surface area contributed by atoms with Crippen LogP contribution in [0.4, 0.5) is 0 Å². The molecule has 4 rings (SSSR count). The monoisotopic (exact) mass is 514 g/mol. The summed E-state index contributed by atoms with van der Waals surface area (Å²) >= 11 is 0. The van der Waals surface area contributed by atoms with E-state index in [1.54, 1.807) is 0 Å². The van der Waals surface area contributed by atoms with Gasteiger partial charge in [-0.05, 0) is 122 Å². The summed E-state index contributed by atoms with van der Waals surface area (Å²) in [7, 11) is 0. The zero-order valence-corrected chi connectivity index (χ0v) is 25.8. The zero-order chi connectivity index (χ0) is 26.8. The molecule has 4 aliphatic carbocycles. The number of carbonyl (C=O) groups is 1. The Kier molecular flexibility index (Phi) is 9.81. The van der Waals surface area contributed by atoms with Gasteiger partial charge in [-0.15, -0.1) is 0 Å². The first-order valence-corrected chi connectivity index (χ1v) is 16.8. The van der Waals surface area contributed by atoms with Crippen LogP contribution in [0.25, 0.3) is 0 Å². The van der Waals surface area contributed by atoms with Gasteiger partial charge in [0.1, 0.15) is 6.10 Å². The van der Waals surface area contributed by atoms with E-state index in [-0.39, 0.29) is 12.1 Å². The van der Waals surface area contributed by atoms with Crippen molar-refractivity contribution in [2.24, 2.45) is 58.2 Å². The van der Waals surface area contributed by atoms with Gasteiger partial charge in [-0.25, -0.2) is 0 Å². The van der Waals surface area contributed by atoms with Crippen LogP contribution in [-0.2, 0) is 9.53 Å². The molecule has 2 heteroatoms. The number of ether oxygens (including phenoxy) is 1. The smallest absolute Gasteiger partial charge is 0.306 e. The van der Waals surface area contributed by atoms with Crippen molar-refractivity contribution >= 4 is 5.97 Å². The molecule has 2 unspecified atom stereocenters. The number of hydrogen-bond acceptors (Lipinski definition) is 2. The lowest BCUT2D eigenvalue weighted by molar-refractivity contribution is -0.162. The van der Waals surface area contributed by atoms with E-state index >= 15 is 0 Å². The molecule has 4 saturated carbocycles. The Hall–Kier alpha value is -0.530. The molecule has 0 radical (unpaired) electrons. The van der Waals surface area contributed by atoms with E-state index in [1.807, 2.05) is 0 Å². The van der Waals surface area contributed by atoms with Crippen LogP contribution < -0.4 is 0 Å². The van der Waals surface area contributed by atoms with Crippen molar-refractivity contribution < 1.29 is 9.53 Å². The number of carbonyl (C=O) groups excluding carboxylic acids is 1. The highest BCUT2D eigenvalue weighted by Gasteiger charge is 2.60. The molecule has 0 amide bonds. The predicted octanol–water partition coefficient (Wildman–Crippen LogP) is 10.2. The van der Waals surface area contributed by atoms with Crippen molar-refractivity contribution in [3.63, 3.8) is 0 Å². The minimum Gasteiger partial charge on any atom is -0.462 e. The Morgan fingerprint density at radius 2 is 1.57 bits per heavy atom. The van der Waals surface area contributed by atoms with E-state index in [2.05, 4.69) is 48.5 Å². The van der Waals surface area contributed by atoms with Gasteiger partial charge in [0.25, 0.3) is 0 Å². The van der Waals surface area contributed by atoms with Gasteiger partial charge in [-0.1, -0.05) is 80.6 Å². The van der Waals surface area contributed by atoms with E-state index in [1.165, 1.54) is 70.6 Å². The lowest BCUT2D eigenvalue weighted by atomic mass is 9.44. The van der Waals surface area contributed by atoms with Gasteiger partial charge in [-0.3, -0.25) is 4.79 Å². The average molecular weight is 515 g/mol. The largest absolute Gasteiger partial charge is 0.462 e. The summed E-state index contributed by atoms with van der Waals surface area (Å²) in [5.41, 5.74) is 1.06. The second kappa shape index (κ2) is 12.3. The Balaban J connectivity index is 1.34. The first-order valence-electron chi connectivity index (χ1n) is 16.8. The van der Waals surface area contributed by atoms with Crippen LogP contribution in [0.15, 0.2) is 0 Å². The quantitative estimate of drug-likeness (QED) is 0.202. The summed E-state index contributed by atoms with van der Waals surface area (Å²) < 4.78 is 6.04. The molecule has 0 aromatic heterocycles. The summed E-state index contributed by atoms with van der Waals surface area (Å²) in [6.07, 6.45) is 20.5. The van der Waals surface area contributed by atoms with Crippen LogP contribution in [-0.4, -0.2) is 12.1 Å². The van der Waals surface area contributed by atoms with E-state index < -0.39 is 0 Å². The van der Waals surface area contributed by atoms with Crippen molar-refractivity contribution in [1.29, 1.82) is 0 Å².